The molecule has 0 bridgehead atoms. The second kappa shape index (κ2) is 5.15. The van der Waals surface area contributed by atoms with E-state index in [0.717, 1.165) is 0 Å². The number of carbonyl (C=O) groups is 1. The third kappa shape index (κ3) is 2.94. The van der Waals surface area contributed by atoms with E-state index in [1.807, 2.05) is 0 Å². The number of alkyl halides is 5. The second-order valence-electron chi connectivity index (χ2n) is 3.19. The Morgan fingerprint density at radius 3 is 2.33 bits per heavy atom. The Morgan fingerprint density at radius 2 is 2.00 bits per heavy atom. The molecule has 0 radical (unpaired) electrons. The molecule has 0 unspecified atom stereocenters. The monoisotopic (exact) mass is 288 g/mol. The highest BCUT2D eigenvalue weighted by molar-refractivity contribution is 6.68. The summed E-state index contributed by atoms with van der Waals surface area (Å²) in [7, 11) is 0. The number of carbonyl (C=O) groups excluding carboxylic acids is 1. The SMILES string of the molecule is NCc1nc(C(F)F)cc(C(=O)Cl)c1C(F)(F)F. The van der Waals surface area contributed by atoms with Crippen LogP contribution in [0.3, 0.4) is 0 Å². The van der Waals surface area contributed by atoms with Crippen LogP contribution in [0.15, 0.2) is 6.07 Å². The highest BCUT2D eigenvalue weighted by Crippen LogP contribution is 2.36. The van der Waals surface area contributed by atoms with Crippen LogP contribution < -0.4 is 5.73 Å². The molecule has 2 N–H and O–H groups in total. The van der Waals surface area contributed by atoms with Crippen molar-refractivity contribution in [2.45, 2.75) is 19.1 Å². The van der Waals surface area contributed by atoms with Gasteiger partial charge in [-0.25, -0.2) is 13.8 Å². The summed E-state index contributed by atoms with van der Waals surface area (Å²) in [5.41, 5.74) is 0.650. The van der Waals surface area contributed by atoms with Crippen LogP contribution in [0.25, 0.3) is 0 Å². The Hall–Kier alpha value is -1.28. The summed E-state index contributed by atoms with van der Waals surface area (Å²) in [5.74, 6) is 0. The number of hydrogen-bond acceptors (Lipinski definition) is 3. The number of pyridine rings is 1. The van der Waals surface area contributed by atoms with E-state index in [2.05, 4.69) is 4.98 Å². The smallest absolute Gasteiger partial charge is 0.325 e. The molecule has 0 aliphatic rings. The van der Waals surface area contributed by atoms with Crippen molar-refractivity contribution in [3.8, 4) is 0 Å². The molecule has 0 fully saturated rings. The normalized spacial score (nSPS) is 12.0. The molecule has 1 rings (SSSR count). The average Bonchev–Trinajstić information content (AvgIpc) is 2.25. The quantitative estimate of drug-likeness (QED) is 0.687. The lowest BCUT2D eigenvalue weighted by molar-refractivity contribution is -0.138. The van der Waals surface area contributed by atoms with Gasteiger partial charge in [-0.3, -0.25) is 4.79 Å². The van der Waals surface area contributed by atoms with Crippen LogP contribution in [-0.4, -0.2) is 10.2 Å². The van der Waals surface area contributed by atoms with Gasteiger partial charge >= 0.3 is 6.18 Å². The first-order chi connectivity index (χ1) is 8.18. The predicted molar refractivity (Wildman–Crippen MR) is 52.3 cm³/mol. The third-order valence-corrected chi connectivity index (χ3v) is 2.23. The van der Waals surface area contributed by atoms with Crippen molar-refractivity contribution in [1.82, 2.24) is 4.98 Å². The fourth-order valence-electron chi connectivity index (χ4n) is 1.35. The summed E-state index contributed by atoms with van der Waals surface area (Å²) < 4.78 is 62.9. The average molecular weight is 289 g/mol. The van der Waals surface area contributed by atoms with Gasteiger partial charge in [0.25, 0.3) is 11.7 Å². The maximum atomic E-state index is 12.7. The first kappa shape index (κ1) is 14.8. The Balaban J connectivity index is 3.62. The molecule has 0 atom stereocenters. The van der Waals surface area contributed by atoms with E-state index in [1.165, 1.54) is 0 Å². The van der Waals surface area contributed by atoms with E-state index in [0.29, 0.717) is 6.07 Å². The molecule has 1 aromatic heterocycles. The Kier molecular flexibility index (Phi) is 4.23. The lowest BCUT2D eigenvalue weighted by Gasteiger charge is -2.15. The molecule has 0 aliphatic carbocycles. The van der Waals surface area contributed by atoms with E-state index in [9.17, 15) is 26.7 Å². The topological polar surface area (TPSA) is 56.0 Å². The number of aromatic nitrogens is 1. The molecule has 0 saturated heterocycles. The van der Waals surface area contributed by atoms with Crippen LogP contribution in [0.1, 0.15) is 33.7 Å². The van der Waals surface area contributed by atoms with Crippen LogP contribution in [0.4, 0.5) is 22.0 Å². The molecule has 18 heavy (non-hydrogen) atoms. The lowest BCUT2D eigenvalue weighted by atomic mass is 10.0. The molecule has 0 aliphatic heterocycles. The summed E-state index contributed by atoms with van der Waals surface area (Å²) in [6.07, 6.45) is -8.09. The summed E-state index contributed by atoms with van der Waals surface area (Å²) in [4.78, 5) is 14.0. The molecule has 1 heterocycles. The minimum absolute atomic E-state index is 0.321. The maximum absolute atomic E-state index is 12.7. The van der Waals surface area contributed by atoms with Gasteiger partial charge < -0.3 is 5.73 Å². The van der Waals surface area contributed by atoms with Gasteiger partial charge in [0.2, 0.25) is 0 Å². The van der Waals surface area contributed by atoms with Gasteiger partial charge in [0.15, 0.2) is 0 Å². The molecule has 3 nitrogen and oxygen atoms in total. The van der Waals surface area contributed by atoms with Crippen molar-refractivity contribution in [1.29, 1.82) is 0 Å². The molecule has 0 saturated carbocycles. The zero-order chi connectivity index (χ0) is 14.1. The number of hydrogen-bond donors (Lipinski definition) is 1. The minimum atomic E-state index is -4.96. The molecule has 100 valence electrons. The first-order valence-corrected chi connectivity index (χ1v) is 4.85. The highest BCUT2D eigenvalue weighted by atomic mass is 35.5. The van der Waals surface area contributed by atoms with Crippen molar-refractivity contribution in [2.24, 2.45) is 5.73 Å². The van der Waals surface area contributed by atoms with Crippen molar-refractivity contribution >= 4 is 16.8 Å². The van der Waals surface area contributed by atoms with Gasteiger partial charge in [0.1, 0.15) is 5.69 Å². The van der Waals surface area contributed by atoms with Gasteiger partial charge in [-0.05, 0) is 17.7 Å². The lowest BCUT2D eigenvalue weighted by Crippen LogP contribution is -2.19. The van der Waals surface area contributed by atoms with E-state index < -0.39 is 46.9 Å². The van der Waals surface area contributed by atoms with Crippen molar-refractivity contribution < 1.29 is 26.7 Å². The van der Waals surface area contributed by atoms with Gasteiger partial charge in [0.05, 0.1) is 16.8 Å². The Bertz CT molecular complexity index is 475. The Morgan fingerprint density at radius 1 is 1.44 bits per heavy atom. The van der Waals surface area contributed by atoms with Gasteiger partial charge in [0, 0.05) is 6.54 Å². The molecule has 1 aromatic rings. The van der Waals surface area contributed by atoms with Gasteiger partial charge in [-0.15, -0.1) is 0 Å². The minimum Gasteiger partial charge on any atom is -0.325 e. The van der Waals surface area contributed by atoms with E-state index in [1.54, 1.807) is 0 Å². The standard InChI is InChI=1S/C9H6ClF5N2O/c10-7(18)3-1-4(8(11)12)17-5(2-16)6(3)9(13,14)15/h1,8H,2,16H2. The summed E-state index contributed by atoms with van der Waals surface area (Å²) in [6, 6.07) is 0.321. The van der Waals surface area contributed by atoms with Crippen LogP contribution in [-0.2, 0) is 12.7 Å². The number of nitrogens with two attached hydrogens (primary N) is 1. The van der Waals surface area contributed by atoms with Crippen molar-refractivity contribution in [3.63, 3.8) is 0 Å². The number of rotatable bonds is 3. The molecule has 9 heteroatoms. The van der Waals surface area contributed by atoms with Crippen molar-refractivity contribution in [3.05, 3.63) is 28.6 Å². The molecular weight excluding hydrogens is 283 g/mol. The van der Waals surface area contributed by atoms with E-state index in [4.69, 9.17) is 17.3 Å². The van der Waals surface area contributed by atoms with E-state index in [-0.39, 0.29) is 0 Å². The maximum Gasteiger partial charge on any atom is 0.418 e. The van der Waals surface area contributed by atoms with Gasteiger partial charge in [-0.1, -0.05) is 0 Å². The molecule has 0 amide bonds. The summed E-state index contributed by atoms with van der Waals surface area (Å²) in [6.45, 7) is -0.743. The first-order valence-electron chi connectivity index (χ1n) is 4.47. The Labute approximate surface area is 103 Å². The fraction of sp³-hybridized carbons (Fsp3) is 0.333. The predicted octanol–water partition coefficient (Wildman–Crippen LogP) is 2.88. The third-order valence-electron chi connectivity index (χ3n) is 2.03. The number of halogens is 6. The largest absolute Gasteiger partial charge is 0.418 e. The fourth-order valence-corrected chi connectivity index (χ4v) is 1.50. The highest BCUT2D eigenvalue weighted by Gasteiger charge is 2.39. The van der Waals surface area contributed by atoms with Crippen LogP contribution in [0.2, 0.25) is 0 Å². The summed E-state index contributed by atoms with van der Waals surface area (Å²) >= 11 is 4.97. The second-order valence-corrected chi connectivity index (χ2v) is 3.54. The van der Waals surface area contributed by atoms with Crippen molar-refractivity contribution in [2.75, 3.05) is 0 Å². The van der Waals surface area contributed by atoms with Gasteiger partial charge in [-0.2, -0.15) is 13.2 Å². The molecule has 0 aromatic carbocycles. The number of nitrogens with zero attached hydrogens (tertiary/aromatic N) is 1. The van der Waals surface area contributed by atoms with Crippen LogP contribution in [0.5, 0.6) is 0 Å². The van der Waals surface area contributed by atoms with Crippen LogP contribution >= 0.6 is 11.6 Å². The molecule has 0 spiro atoms. The zero-order valence-corrected chi connectivity index (χ0v) is 9.32. The molecular formula is C9H6ClF5N2O. The summed E-state index contributed by atoms with van der Waals surface area (Å²) in [5, 5.41) is -1.50. The zero-order valence-electron chi connectivity index (χ0n) is 8.56. The van der Waals surface area contributed by atoms with E-state index >= 15 is 0 Å². The van der Waals surface area contributed by atoms with Crippen LogP contribution in [0, 0.1) is 0 Å².